The highest BCUT2D eigenvalue weighted by atomic mass is 79.9. The van der Waals surface area contributed by atoms with Gasteiger partial charge in [-0.25, -0.2) is 4.98 Å². The Kier molecular flexibility index (Phi) is 3.08. The number of nitrogens with one attached hydrogen (secondary N) is 1. The summed E-state index contributed by atoms with van der Waals surface area (Å²) in [5.74, 6) is 1.03. The van der Waals surface area contributed by atoms with Crippen LogP contribution in [0.25, 0.3) is 0 Å². The van der Waals surface area contributed by atoms with Gasteiger partial charge in [-0.05, 0) is 44.7 Å². The lowest BCUT2D eigenvalue weighted by Crippen LogP contribution is -2.12. The van der Waals surface area contributed by atoms with Crippen LogP contribution in [0.5, 0.6) is 0 Å². The smallest absolute Gasteiger partial charge is 0.138 e. The molecule has 6 heteroatoms. The van der Waals surface area contributed by atoms with Crippen molar-refractivity contribution in [2.24, 2.45) is 0 Å². The molecule has 0 amide bonds. The van der Waals surface area contributed by atoms with Crippen molar-refractivity contribution in [2.45, 2.75) is 18.9 Å². The Morgan fingerprint density at radius 3 is 2.77 bits per heavy atom. The van der Waals surface area contributed by atoms with Gasteiger partial charge in [0.1, 0.15) is 15.0 Å². The maximum absolute atomic E-state index is 4.40. The predicted octanol–water partition coefficient (Wildman–Crippen LogP) is 2.86. The van der Waals surface area contributed by atoms with Gasteiger partial charge in [-0.3, -0.25) is 4.67 Å². The van der Waals surface area contributed by atoms with Gasteiger partial charge in [-0.2, -0.15) is 0 Å². The van der Waals surface area contributed by atoms with Crippen LogP contribution in [-0.4, -0.2) is 21.2 Å². The maximum Gasteiger partial charge on any atom is 0.138 e. The molecule has 1 aliphatic rings. The van der Waals surface area contributed by atoms with E-state index >= 15 is 0 Å². The molecule has 0 radical (unpaired) electrons. The Labute approximate surface area is 96.2 Å². The summed E-state index contributed by atoms with van der Waals surface area (Å²) in [6, 6.07) is 0.424. The molecule has 1 N–H and O–H groups in total. The van der Waals surface area contributed by atoms with Crippen LogP contribution in [0.2, 0.25) is 0 Å². The van der Waals surface area contributed by atoms with Gasteiger partial charge < -0.3 is 4.98 Å². The van der Waals surface area contributed by atoms with E-state index in [1.54, 1.807) is 0 Å². The summed E-state index contributed by atoms with van der Waals surface area (Å²) in [5, 5.41) is 0. The third-order valence-electron chi connectivity index (χ3n) is 2.25. The monoisotopic (exact) mass is 325 g/mol. The molecule has 0 aromatic carbocycles. The van der Waals surface area contributed by atoms with E-state index in [1.807, 2.05) is 0 Å². The molecule has 13 heavy (non-hydrogen) atoms. The van der Waals surface area contributed by atoms with Gasteiger partial charge in [0.25, 0.3) is 0 Å². The first-order chi connectivity index (χ1) is 6.18. The first-order valence-corrected chi connectivity index (χ1v) is 6.21. The highest BCUT2D eigenvalue weighted by molar-refractivity contribution is 9.13. The molecule has 0 bridgehead atoms. The molecule has 0 saturated carbocycles. The largest absolute Gasteiger partial charge is 0.334 e. The normalized spacial score (nSPS) is 24.1. The summed E-state index contributed by atoms with van der Waals surface area (Å²) < 4.78 is 4.03. The Morgan fingerprint density at radius 2 is 2.31 bits per heavy atom. The van der Waals surface area contributed by atoms with E-state index < -0.39 is 0 Å². The molecule has 2 atom stereocenters. The summed E-state index contributed by atoms with van der Waals surface area (Å²) >= 11 is 6.76. The van der Waals surface area contributed by atoms with Gasteiger partial charge in [0.05, 0.1) is 6.04 Å². The Balaban J connectivity index is 2.24. The van der Waals surface area contributed by atoms with Gasteiger partial charge in [-0.1, -0.05) is 9.39 Å². The predicted molar refractivity (Wildman–Crippen MR) is 62.4 cm³/mol. The van der Waals surface area contributed by atoms with Crippen LogP contribution in [0.3, 0.4) is 0 Å². The first kappa shape index (κ1) is 10.1. The summed E-state index contributed by atoms with van der Waals surface area (Å²) in [5.41, 5.74) is 0. The third-order valence-corrected chi connectivity index (χ3v) is 4.55. The second-order valence-corrected chi connectivity index (χ2v) is 5.33. The fourth-order valence-corrected chi connectivity index (χ4v) is 2.64. The van der Waals surface area contributed by atoms with Crippen molar-refractivity contribution >= 4 is 41.3 Å². The number of hydrogen-bond acceptors (Lipinski definition) is 2. The molecule has 1 aromatic heterocycles. The third kappa shape index (κ3) is 1.99. The second-order valence-electron chi connectivity index (χ2n) is 3.12. The number of aromatic nitrogens is 2. The van der Waals surface area contributed by atoms with Gasteiger partial charge >= 0.3 is 0 Å². The van der Waals surface area contributed by atoms with Gasteiger partial charge in [0.2, 0.25) is 0 Å². The van der Waals surface area contributed by atoms with E-state index in [0.29, 0.717) is 6.04 Å². The minimum Gasteiger partial charge on any atom is -0.334 e. The van der Waals surface area contributed by atoms with Gasteiger partial charge in [0.15, 0.2) is 0 Å². The van der Waals surface area contributed by atoms with Crippen LogP contribution < -0.4 is 0 Å². The summed E-state index contributed by atoms with van der Waals surface area (Å²) in [6.45, 7) is 1.13. The SMILES string of the molecule is PN1CCCC1c1nc(Br)c(Br)[nH]1. The summed E-state index contributed by atoms with van der Waals surface area (Å²) in [4.78, 5) is 7.62. The Morgan fingerprint density at radius 1 is 1.54 bits per heavy atom. The standard InChI is InChI=1S/C7H10Br2N3P/c8-5-6(9)11-7(10-5)4-2-1-3-12(4)13/h4H,1-3,13H2,(H,10,11). The van der Waals surface area contributed by atoms with Crippen LogP contribution in [0.1, 0.15) is 24.7 Å². The van der Waals surface area contributed by atoms with Crippen molar-refractivity contribution in [2.75, 3.05) is 6.54 Å². The topological polar surface area (TPSA) is 31.9 Å². The van der Waals surface area contributed by atoms with E-state index in [0.717, 1.165) is 21.6 Å². The lowest BCUT2D eigenvalue weighted by atomic mass is 10.2. The van der Waals surface area contributed by atoms with Crippen LogP contribution >= 0.6 is 41.3 Å². The fraction of sp³-hybridized carbons (Fsp3) is 0.571. The highest BCUT2D eigenvalue weighted by Crippen LogP contribution is 2.34. The molecule has 0 aliphatic carbocycles. The van der Waals surface area contributed by atoms with Crippen LogP contribution in [0.4, 0.5) is 0 Å². The minimum absolute atomic E-state index is 0.424. The number of imidazole rings is 1. The zero-order valence-electron chi connectivity index (χ0n) is 6.93. The van der Waals surface area contributed by atoms with Crippen LogP contribution in [0, 0.1) is 0 Å². The lowest BCUT2D eigenvalue weighted by molar-refractivity contribution is 0.433. The van der Waals surface area contributed by atoms with Crippen molar-refractivity contribution in [1.29, 1.82) is 0 Å². The van der Waals surface area contributed by atoms with Crippen molar-refractivity contribution in [1.82, 2.24) is 14.6 Å². The van der Waals surface area contributed by atoms with E-state index in [2.05, 4.69) is 55.9 Å². The molecule has 1 aromatic rings. The molecule has 1 aliphatic heterocycles. The van der Waals surface area contributed by atoms with Gasteiger partial charge in [-0.15, -0.1) is 0 Å². The first-order valence-electron chi connectivity index (χ1n) is 4.10. The molecule has 1 fully saturated rings. The second kappa shape index (κ2) is 3.97. The van der Waals surface area contributed by atoms with E-state index in [1.165, 1.54) is 12.8 Å². The number of halogens is 2. The average molecular weight is 327 g/mol. The van der Waals surface area contributed by atoms with Crippen LogP contribution in [0.15, 0.2) is 9.21 Å². The lowest BCUT2D eigenvalue weighted by Gasteiger charge is -2.15. The number of rotatable bonds is 1. The Bertz CT molecular complexity index is 295. The quantitative estimate of drug-likeness (QED) is 0.805. The average Bonchev–Trinajstić information content (AvgIpc) is 2.60. The molecule has 0 spiro atoms. The fourth-order valence-electron chi connectivity index (χ4n) is 1.59. The molecule has 2 unspecified atom stereocenters. The van der Waals surface area contributed by atoms with Gasteiger partial charge in [0, 0.05) is 6.54 Å². The highest BCUT2D eigenvalue weighted by Gasteiger charge is 2.25. The number of nitrogens with zero attached hydrogens (tertiary/aromatic N) is 2. The van der Waals surface area contributed by atoms with E-state index in [4.69, 9.17) is 0 Å². The molecule has 1 saturated heterocycles. The van der Waals surface area contributed by atoms with Crippen molar-refractivity contribution in [3.63, 3.8) is 0 Å². The summed E-state index contributed by atoms with van der Waals surface area (Å²) in [6.07, 6.45) is 2.42. The molecular formula is C7H10Br2N3P. The zero-order chi connectivity index (χ0) is 9.42. The van der Waals surface area contributed by atoms with Crippen molar-refractivity contribution < 1.29 is 0 Å². The molecule has 2 heterocycles. The zero-order valence-corrected chi connectivity index (χ0v) is 11.3. The number of hydrogen-bond donors (Lipinski definition) is 1. The Hall–Kier alpha value is 0.560. The van der Waals surface area contributed by atoms with E-state index in [-0.39, 0.29) is 0 Å². The van der Waals surface area contributed by atoms with Crippen LogP contribution in [-0.2, 0) is 0 Å². The van der Waals surface area contributed by atoms with Crippen molar-refractivity contribution in [3.05, 3.63) is 15.0 Å². The minimum atomic E-state index is 0.424. The molecule has 3 nitrogen and oxygen atoms in total. The maximum atomic E-state index is 4.40. The molecule has 2 rings (SSSR count). The summed E-state index contributed by atoms with van der Waals surface area (Å²) in [7, 11) is 2.75. The molecule has 72 valence electrons. The number of aromatic amines is 1. The van der Waals surface area contributed by atoms with Crippen molar-refractivity contribution in [3.8, 4) is 0 Å². The van der Waals surface area contributed by atoms with E-state index in [9.17, 15) is 0 Å². The molecular weight excluding hydrogens is 317 g/mol. The number of H-pyrrole nitrogens is 1.